The number of hydrogen-bond acceptors (Lipinski definition) is 6. The summed E-state index contributed by atoms with van der Waals surface area (Å²) in [6.07, 6.45) is 1.63. The van der Waals surface area contributed by atoms with Gasteiger partial charge in [-0.3, -0.25) is 9.69 Å². The fraction of sp³-hybridized carbons (Fsp3) is 0.105. The first-order chi connectivity index (χ1) is 12.5. The third-order valence-electron chi connectivity index (χ3n) is 3.72. The van der Waals surface area contributed by atoms with Crippen LogP contribution in [0.2, 0.25) is 0 Å². The van der Waals surface area contributed by atoms with Crippen molar-refractivity contribution >= 4 is 40.6 Å². The zero-order valence-electron chi connectivity index (χ0n) is 14.2. The molecule has 0 radical (unpaired) electrons. The SMILES string of the molecule is COC(=O)c1cccc(N=C2SC(=Cc3ccccc3O)C(=O)N2C)c1. The fourth-order valence-electron chi connectivity index (χ4n) is 2.33. The molecule has 6 nitrogen and oxygen atoms in total. The highest BCUT2D eigenvalue weighted by Gasteiger charge is 2.30. The first-order valence-electron chi connectivity index (χ1n) is 7.72. The lowest BCUT2D eigenvalue weighted by Crippen LogP contribution is -2.23. The molecule has 1 aliphatic rings. The Morgan fingerprint density at radius 2 is 2.00 bits per heavy atom. The minimum Gasteiger partial charge on any atom is -0.507 e. The van der Waals surface area contributed by atoms with E-state index in [4.69, 9.17) is 4.74 Å². The van der Waals surface area contributed by atoms with Crippen molar-refractivity contribution in [3.05, 3.63) is 64.6 Å². The Labute approximate surface area is 154 Å². The number of carbonyl (C=O) groups is 2. The molecule has 1 aliphatic heterocycles. The Morgan fingerprint density at radius 1 is 1.23 bits per heavy atom. The average molecular weight is 368 g/mol. The maximum absolute atomic E-state index is 12.4. The van der Waals surface area contributed by atoms with Crippen LogP contribution < -0.4 is 0 Å². The van der Waals surface area contributed by atoms with Crippen LogP contribution in [0, 0.1) is 0 Å². The standard InChI is InChI=1S/C19H16N2O4S/c1-21-17(23)16(11-12-6-3-4-9-15(12)22)26-19(21)20-14-8-5-7-13(10-14)18(24)25-2/h3-11,22H,1-2H3. The van der Waals surface area contributed by atoms with E-state index < -0.39 is 5.97 Å². The summed E-state index contributed by atoms with van der Waals surface area (Å²) in [6, 6.07) is 13.5. The summed E-state index contributed by atoms with van der Waals surface area (Å²) < 4.78 is 4.70. The van der Waals surface area contributed by atoms with Crippen molar-refractivity contribution in [3.63, 3.8) is 0 Å². The molecule has 0 aromatic heterocycles. The van der Waals surface area contributed by atoms with Gasteiger partial charge in [-0.25, -0.2) is 9.79 Å². The van der Waals surface area contributed by atoms with Crippen molar-refractivity contribution in [3.8, 4) is 5.75 Å². The lowest BCUT2D eigenvalue weighted by Gasteiger charge is -2.07. The third kappa shape index (κ3) is 3.62. The Kier molecular flexibility index (Phi) is 5.09. The molecule has 26 heavy (non-hydrogen) atoms. The predicted octanol–water partition coefficient (Wildman–Crippen LogP) is 3.41. The Hall–Kier alpha value is -3.06. The Balaban J connectivity index is 1.91. The van der Waals surface area contributed by atoms with Gasteiger partial charge in [-0.05, 0) is 42.1 Å². The van der Waals surface area contributed by atoms with Gasteiger partial charge in [0.05, 0.1) is 23.3 Å². The number of phenols is 1. The molecule has 1 saturated heterocycles. The van der Waals surface area contributed by atoms with Gasteiger partial charge in [0.15, 0.2) is 5.17 Å². The number of thioether (sulfide) groups is 1. The molecular weight excluding hydrogens is 352 g/mol. The van der Waals surface area contributed by atoms with E-state index in [2.05, 4.69) is 4.99 Å². The molecule has 0 spiro atoms. The number of amides is 1. The fourth-order valence-corrected chi connectivity index (χ4v) is 3.31. The van der Waals surface area contributed by atoms with Crippen LogP contribution in [0.1, 0.15) is 15.9 Å². The highest BCUT2D eigenvalue weighted by atomic mass is 32.2. The van der Waals surface area contributed by atoms with Crippen LogP contribution in [0.15, 0.2) is 58.4 Å². The summed E-state index contributed by atoms with van der Waals surface area (Å²) >= 11 is 1.21. The number of para-hydroxylation sites is 1. The second-order valence-electron chi connectivity index (χ2n) is 5.47. The van der Waals surface area contributed by atoms with Crippen molar-refractivity contribution in [2.45, 2.75) is 0 Å². The largest absolute Gasteiger partial charge is 0.507 e. The van der Waals surface area contributed by atoms with Crippen LogP contribution in [0.5, 0.6) is 5.75 Å². The van der Waals surface area contributed by atoms with Gasteiger partial charge in [-0.15, -0.1) is 0 Å². The first-order valence-corrected chi connectivity index (χ1v) is 8.54. The number of hydrogen-bond donors (Lipinski definition) is 1. The highest BCUT2D eigenvalue weighted by molar-refractivity contribution is 8.18. The van der Waals surface area contributed by atoms with E-state index in [1.165, 1.54) is 23.8 Å². The van der Waals surface area contributed by atoms with Crippen molar-refractivity contribution in [2.75, 3.05) is 14.2 Å². The molecule has 0 bridgehead atoms. The van der Waals surface area contributed by atoms with E-state index in [9.17, 15) is 14.7 Å². The van der Waals surface area contributed by atoms with Gasteiger partial charge < -0.3 is 9.84 Å². The van der Waals surface area contributed by atoms with Crippen LogP contribution in [0.4, 0.5) is 5.69 Å². The van der Waals surface area contributed by atoms with Gasteiger partial charge in [0, 0.05) is 12.6 Å². The number of amidine groups is 1. The van der Waals surface area contributed by atoms with E-state index >= 15 is 0 Å². The molecule has 0 saturated carbocycles. The molecule has 1 fully saturated rings. The number of likely N-dealkylation sites (N-methyl/N-ethyl adjacent to an activating group) is 1. The third-order valence-corrected chi connectivity index (χ3v) is 4.78. The van der Waals surface area contributed by atoms with Gasteiger partial charge >= 0.3 is 5.97 Å². The van der Waals surface area contributed by atoms with E-state index in [-0.39, 0.29) is 11.7 Å². The lowest BCUT2D eigenvalue weighted by molar-refractivity contribution is -0.121. The smallest absolute Gasteiger partial charge is 0.337 e. The van der Waals surface area contributed by atoms with Gasteiger partial charge in [-0.1, -0.05) is 24.3 Å². The summed E-state index contributed by atoms with van der Waals surface area (Å²) in [6.45, 7) is 0. The average Bonchev–Trinajstić information content (AvgIpc) is 2.91. The summed E-state index contributed by atoms with van der Waals surface area (Å²) in [5, 5.41) is 10.4. The maximum Gasteiger partial charge on any atom is 0.337 e. The van der Waals surface area contributed by atoms with Crippen molar-refractivity contribution in [1.29, 1.82) is 0 Å². The van der Waals surface area contributed by atoms with Crippen LogP contribution in [-0.4, -0.2) is 41.2 Å². The summed E-state index contributed by atoms with van der Waals surface area (Å²) in [5.74, 6) is -0.552. The number of methoxy groups -OCH3 is 1. The number of nitrogens with zero attached hydrogens (tertiary/aromatic N) is 2. The molecule has 3 rings (SSSR count). The maximum atomic E-state index is 12.4. The number of benzene rings is 2. The number of phenolic OH excluding ortho intramolecular Hbond substituents is 1. The summed E-state index contributed by atoms with van der Waals surface area (Å²) in [4.78, 5) is 30.4. The molecule has 0 aliphatic carbocycles. The van der Waals surface area contributed by atoms with Crippen LogP contribution in [-0.2, 0) is 9.53 Å². The second kappa shape index (κ2) is 7.45. The van der Waals surface area contributed by atoms with Crippen LogP contribution in [0.3, 0.4) is 0 Å². The predicted molar refractivity (Wildman–Crippen MR) is 101 cm³/mol. The zero-order valence-corrected chi connectivity index (χ0v) is 15.0. The monoisotopic (exact) mass is 368 g/mol. The first kappa shape index (κ1) is 17.8. The van der Waals surface area contributed by atoms with Crippen molar-refractivity contribution < 1.29 is 19.4 Å². The van der Waals surface area contributed by atoms with E-state index in [1.54, 1.807) is 61.7 Å². The van der Waals surface area contributed by atoms with Gasteiger partial charge in [0.2, 0.25) is 0 Å². The Morgan fingerprint density at radius 3 is 2.73 bits per heavy atom. The molecular formula is C19H16N2O4S. The number of esters is 1. The number of ether oxygens (including phenoxy) is 1. The molecule has 0 unspecified atom stereocenters. The van der Waals surface area contributed by atoms with E-state index in [0.29, 0.717) is 26.9 Å². The normalized spacial score (nSPS) is 17.2. The number of carbonyl (C=O) groups excluding carboxylic acids is 2. The molecule has 2 aromatic rings. The van der Waals surface area contributed by atoms with E-state index in [0.717, 1.165) is 0 Å². The van der Waals surface area contributed by atoms with Crippen molar-refractivity contribution in [1.82, 2.24) is 4.90 Å². The highest BCUT2D eigenvalue weighted by Crippen LogP contribution is 2.34. The molecule has 2 aromatic carbocycles. The molecule has 1 amide bonds. The van der Waals surface area contributed by atoms with E-state index in [1.807, 2.05) is 0 Å². The second-order valence-corrected chi connectivity index (χ2v) is 6.48. The van der Waals surface area contributed by atoms with Gasteiger partial charge in [-0.2, -0.15) is 0 Å². The Bertz CT molecular complexity index is 937. The summed E-state index contributed by atoms with van der Waals surface area (Å²) in [7, 11) is 2.94. The number of aromatic hydroxyl groups is 1. The number of rotatable bonds is 3. The minimum absolute atomic E-state index is 0.104. The number of aliphatic imine (C=N–C) groups is 1. The molecule has 1 N–H and O–H groups in total. The topological polar surface area (TPSA) is 79.2 Å². The lowest BCUT2D eigenvalue weighted by atomic mass is 10.2. The zero-order chi connectivity index (χ0) is 18.7. The van der Waals surface area contributed by atoms with Gasteiger partial charge in [0.25, 0.3) is 5.91 Å². The van der Waals surface area contributed by atoms with Crippen LogP contribution >= 0.6 is 11.8 Å². The van der Waals surface area contributed by atoms with Gasteiger partial charge in [0.1, 0.15) is 5.75 Å². The minimum atomic E-state index is -0.448. The summed E-state index contributed by atoms with van der Waals surface area (Å²) in [5.41, 5.74) is 1.49. The molecule has 132 valence electrons. The quantitative estimate of drug-likeness (QED) is 0.663. The van der Waals surface area contributed by atoms with Crippen molar-refractivity contribution in [2.24, 2.45) is 4.99 Å². The molecule has 0 atom stereocenters. The molecule has 1 heterocycles. The molecule has 7 heteroatoms. The van der Waals surface area contributed by atoms with Crippen LogP contribution in [0.25, 0.3) is 6.08 Å².